The number of benzene rings is 1. The predicted molar refractivity (Wildman–Crippen MR) is 113 cm³/mol. The zero-order chi connectivity index (χ0) is 20.9. The lowest BCUT2D eigenvalue weighted by Gasteiger charge is -2.37. The molecule has 1 aromatic rings. The number of allylic oxidation sites excluding steroid dienone is 1. The lowest BCUT2D eigenvalue weighted by molar-refractivity contribution is 0.0508. The van der Waals surface area contributed by atoms with E-state index in [0.29, 0.717) is 24.0 Å². The van der Waals surface area contributed by atoms with Crippen molar-refractivity contribution in [3.8, 4) is 5.75 Å². The Labute approximate surface area is 174 Å². The molecule has 1 N–H and O–H groups in total. The molecule has 29 heavy (non-hydrogen) atoms. The first-order valence-corrected chi connectivity index (χ1v) is 11.5. The Morgan fingerprint density at radius 3 is 2.41 bits per heavy atom. The fourth-order valence-electron chi connectivity index (χ4n) is 5.17. The molecule has 0 heterocycles. The summed E-state index contributed by atoms with van der Waals surface area (Å²) in [6.07, 6.45) is 14.3. The highest BCUT2D eigenvalue weighted by Crippen LogP contribution is 2.44. The van der Waals surface area contributed by atoms with Crippen LogP contribution in [0.15, 0.2) is 24.3 Å². The molecule has 0 amide bonds. The first-order chi connectivity index (χ1) is 14.0. The Balaban J connectivity index is 1.56. The zero-order valence-corrected chi connectivity index (χ0v) is 17.9. The van der Waals surface area contributed by atoms with Gasteiger partial charge in [0.05, 0.1) is 12.2 Å². The van der Waals surface area contributed by atoms with Crippen LogP contribution in [0, 0.1) is 23.5 Å². The van der Waals surface area contributed by atoms with Crippen molar-refractivity contribution < 1.29 is 18.6 Å². The standard InChI is InChI=1S/C25H36F2O2/c1-3-5-6-15-25(28)16-13-19(14-17-25)18-7-9-20(10-8-18)21-11-12-22(29-4-2)24(27)23(21)26/h11-13,16,18-20,28H,3-10,14-15,17H2,1-2H3/t18?,19-,20?,25+/m1/s1. The van der Waals surface area contributed by atoms with E-state index in [9.17, 15) is 13.9 Å². The van der Waals surface area contributed by atoms with Crippen molar-refractivity contribution in [2.24, 2.45) is 11.8 Å². The molecule has 3 rings (SSSR count). The Morgan fingerprint density at radius 2 is 1.79 bits per heavy atom. The van der Waals surface area contributed by atoms with Gasteiger partial charge in [-0.15, -0.1) is 0 Å². The van der Waals surface area contributed by atoms with E-state index in [0.717, 1.165) is 51.4 Å². The van der Waals surface area contributed by atoms with Crippen molar-refractivity contribution in [1.29, 1.82) is 0 Å². The molecule has 4 heteroatoms. The van der Waals surface area contributed by atoms with Crippen LogP contribution < -0.4 is 4.74 Å². The topological polar surface area (TPSA) is 29.5 Å². The fraction of sp³-hybridized carbons (Fsp3) is 0.680. The average Bonchev–Trinajstić information content (AvgIpc) is 2.73. The molecule has 0 spiro atoms. The summed E-state index contributed by atoms with van der Waals surface area (Å²) in [5.41, 5.74) is -0.125. The summed E-state index contributed by atoms with van der Waals surface area (Å²) in [6, 6.07) is 3.26. The molecule has 2 aliphatic carbocycles. The lowest BCUT2D eigenvalue weighted by atomic mass is 9.69. The number of hydrogen-bond acceptors (Lipinski definition) is 2. The fourth-order valence-corrected chi connectivity index (χ4v) is 5.17. The van der Waals surface area contributed by atoms with Crippen molar-refractivity contribution in [1.82, 2.24) is 0 Å². The third kappa shape index (κ3) is 5.39. The van der Waals surface area contributed by atoms with Crippen LogP contribution in [0.1, 0.15) is 89.5 Å². The number of ether oxygens (including phenoxy) is 1. The lowest BCUT2D eigenvalue weighted by Crippen LogP contribution is -2.32. The molecular weight excluding hydrogens is 370 g/mol. The summed E-state index contributed by atoms with van der Waals surface area (Å²) in [4.78, 5) is 0. The minimum absolute atomic E-state index is 0.00111. The minimum atomic E-state index is -0.857. The monoisotopic (exact) mass is 406 g/mol. The third-order valence-electron chi connectivity index (χ3n) is 6.97. The van der Waals surface area contributed by atoms with Crippen LogP contribution in [0.3, 0.4) is 0 Å². The van der Waals surface area contributed by atoms with Crippen molar-refractivity contribution in [2.45, 2.75) is 89.6 Å². The molecular formula is C25H36F2O2. The van der Waals surface area contributed by atoms with Gasteiger partial charge in [0.25, 0.3) is 0 Å². The van der Waals surface area contributed by atoms with E-state index in [4.69, 9.17) is 4.74 Å². The molecule has 0 radical (unpaired) electrons. The predicted octanol–water partition coefficient (Wildman–Crippen LogP) is 6.91. The highest BCUT2D eigenvalue weighted by atomic mass is 19.2. The average molecular weight is 407 g/mol. The van der Waals surface area contributed by atoms with Gasteiger partial charge in [-0.05, 0) is 81.3 Å². The molecule has 2 atom stereocenters. The Hall–Kier alpha value is -1.42. The van der Waals surface area contributed by atoms with Crippen LogP contribution in [0.4, 0.5) is 8.78 Å². The van der Waals surface area contributed by atoms with Gasteiger partial charge in [0.15, 0.2) is 11.6 Å². The Morgan fingerprint density at radius 1 is 1.03 bits per heavy atom. The number of aliphatic hydroxyl groups is 1. The van der Waals surface area contributed by atoms with Crippen LogP contribution >= 0.6 is 0 Å². The molecule has 0 bridgehead atoms. The van der Waals surface area contributed by atoms with Crippen molar-refractivity contribution in [3.05, 3.63) is 41.5 Å². The summed E-state index contributed by atoms with van der Waals surface area (Å²) >= 11 is 0. The Bertz CT molecular complexity index is 694. The van der Waals surface area contributed by atoms with Crippen LogP contribution in [-0.4, -0.2) is 17.3 Å². The van der Waals surface area contributed by atoms with Gasteiger partial charge in [-0.1, -0.05) is 44.4 Å². The molecule has 0 aromatic heterocycles. The van der Waals surface area contributed by atoms with E-state index in [1.807, 2.05) is 6.08 Å². The van der Waals surface area contributed by atoms with Crippen molar-refractivity contribution >= 4 is 0 Å². The van der Waals surface area contributed by atoms with Crippen LogP contribution in [0.2, 0.25) is 0 Å². The molecule has 0 aliphatic heterocycles. The maximum absolute atomic E-state index is 14.5. The van der Waals surface area contributed by atoms with Gasteiger partial charge in [-0.25, -0.2) is 4.39 Å². The van der Waals surface area contributed by atoms with E-state index >= 15 is 0 Å². The second kappa shape index (κ2) is 10.1. The van der Waals surface area contributed by atoms with E-state index < -0.39 is 17.2 Å². The van der Waals surface area contributed by atoms with Gasteiger partial charge in [-0.2, -0.15) is 4.39 Å². The zero-order valence-electron chi connectivity index (χ0n) is 17.9. The van der Waals surface area contributed by atoms with Crippen LogP contribution in [0.25, 0.3) is 0 Å². The van der Waals surface area contributed by atoms with Gasteiger partial charge in [0.2, 0.25) is 5.82 Å². The number of hydrogen-bond donors (Lipinski definition) is 1. The van der Waals surface area contributed by atoms with E-state index in [2.05, 4.69) is 13.0 Å². The first kappa shape index (κ1) is 22.3. The SMILES string of the molecule is CCCCC[C@]1(O)C=C[C@@H](C2CCC(c3ccc(OCC)c(F)c3F)CC2)CC1. The summed E-state index contributed by atoms with van der Waals surface area (Å²) in [6.45, 7) is 4.27. The van der Waals surface area contributed by atoms with Crippen LogP contribution in [-0.2, 0) is 0 Å². The molecule has 162 valence electrons. The molecule has 2 nitrogen and oxygen atoms in total. The van der Waals surface area contributed by atoms with Gasteiger partial charge >= 0.3 is 0 Å². The highest BCUT2D eigenvalue weighted by molar-refractivity contribution is 5.33. The second-order valence-electron chi connectivity index (χ2n) is 8.95. The molecule has 0 saturated heterocycles. The largest absolute Gasteiger partial charge is 0.491 e. The number of halogens is 2. The van der Waals surface area contributed by atoms with Crippen molar-refractivity contribution in [3.63, 3.8) is 0 Å². The summed E-state index contributed by atoms with van der Waals surface area (Å²) in [7, 11) is 0. The molecule has 1 aromatic carbocycles. The van der Waals surface area contributed by atoms with E-state index in [1.54, 1.807) is 19.1 Å². The second-order valence-corrected chi connectivity index (χ2v) is 8.95. The molecule has 1 saturated carbocycles. The first-order valence-electron chi connectivity index (χ1n) is 11.5. The van der Waals surface area contributed by atoms with Crippen molar-refractivity contribution in [2.75, 3.05) is 6.61 Å². The third-order valence-corrected chi connectivity index (χ3v) is 6.97. The molecule has 0 unspecified atom stereocenters. The van der Waals surface area contributed by atoms with E-state index in [1.165, 1.54) is 12.8 Å². The normalized spacial score (nSPS) is 29.8. The smallest absolute Gasteiger partial charge is 0.200 e. The molecule has 1 fully saturated rings. The van der Waals surface area contributed by atoms with Crippen LogP contribution in [0.5, 0.6) is 5.75 Å². The molecule has 2 aliphatic rings. The van der Waals surface area contributed by atoms with Gasteiger partial charge < -0.3 is 9.84 Å². The summed E-state index contributed by atoms with van der Waals surface area (Å²) in [5.74, 6) is -0.433. The number of rotatable bonds is 8. The maximum Gasteiger partial charge on any atom is 0.200 e. The highest BCUT2D eigenvalue weighted by Gasteiger charge is 2.34. The van der Waals surface area contributed by atoms with Gasteiger partial charge in [0, 0.05) is 0 Å². The summed E-state index contributed by atoms with van der Waals surface area (Å²) in [5, 5.41) is 10.7. The quantitative estimate of drug-likeness (QED) is 0.375. The van der Waals surface area contributed by atoms with Gasteiger partial charge in [0.1, 0.15) is 0 Å². The minimum Gasteiger partial charge on any atom is -0.491 e. The summed E-state index contributed by atoms with van der Waals surface area (Å²) < 4.78 is 33.9. The maximum atomic E-state index is 14.5. The number of unbranched alkanes of at least 4 members (excludes halogenated alkanes) is 2. The van der Waals surface area contributed by atoms with Gasteiger partial charge in [-0.3, -0.25) is 0 Å². The van der Waals surface area contributed by atoms with E-state index in [-0.39, 0.29) is 11.7 Å². The Kier molecular flexibility index (Phi) is 7.72.